The minimum absolute atomic E-state index is 0.0363. The molecular weight excluding hydrogens is 424 g/mol. The van der Waals surface area contributed by atoms with Gasteiger partial charge in [0, 0.05) is 44.6 Å². The summed E-state index contributed by atoms with van der Waals surface area (Å²) in [5.74, 6) is -0.415. The van der Waals surface area contributed by atoms with Gasteiger partial charge < -0.3 is 9.80 Å². The third-order valence-corrected chi connectivity index (χ3v) is 7.33. The molecule has 0 N–H and O–H groups in total. The van der Waals surface area contributed by atoms with E-state index in [0.717, 1.165) is 23.7 Å². The Hall–Kier alpha value is -3.26. The number of aromatic nitrogens is 1. The van der Waals surface area contributed by atoms with E-state index < -0.39 is 0 Å². The molecule has 2 aromatic carbocycles. The minimum Gasteiger partial charge on any atom is -0.345 e. The molecule has 3 heterocycles. The maximum Gasteiger partial charge on any atom is 0.253 e. The van der Waals surface area contributed by atoms with Crippen LogP contribution >= 0.6 is 11.3 Å². The van der Waals surface area contributed by atoms with Crippen LogP contribution in [0.15, 0.2) is 36.4 Å². The molecule has 0 saturated carbocycles. The lowest BCUT2D eigenvalue weighted by Gasteiger charge is -2.34. The zero-order valence-corrected chi connectivity index (χ0v) is 18.9. The molecule has 7 nitrogen and oxygen atoms in total. The van der Waals surface area contributed by atoms with Gasteiger partial charge in [-0.2, -0.15) is 0 Å². The summed E-state index contributed by atoms with van der Waals surface area (Å²) < 4.78 is 1.19. The number of benzene rings is 2. The molecule has 2 saturated heterocycles. The maximum absolute atomic E-state index is 13.0. The number of imide groups is 1. The van der Waals surface area contributed by atoms with E-state index in [4.69, 9.17) is 4.98 Å². The van der Waals surface area contributed by atoms with Gasteiger partial charge in [0.05, 0.1) is 15.9 Å². The molecule has 2 aliphatic heterocycles. The fraction of sp³-hybridized carbons (Fsp3) is 0.333. The molecule has 2 aliphatic rings. The minimum atomic E-state index is -0.189. The average Bonchev–Trinajstić information content (AvgIpc) is 3.36. The molecular formula is C24H24N4O3S. The van der Waals surface area contributed by atoms with Crippen molar-refractivity contribution in [3.63, 3.8) is 0 Å². The molecule has 164 valence electrons. The Labute approximate surface area is 190 Å². The summed E-state index contributed by atoms with van der Waals surface area (Å²) in [6.07, 6.45) is 0.495. The van der Waals surface area contributed by atoms with Gasteiger partial charge in [0.15, 0.2) is 5.13 Å². The Balaban J connectivity index is 1.25. The summed E-state index contributed by atoms with van der Waals surface area (Å²) >= 11 is 1.70. The zero-order valence-electron chi connectivity index (χ0n) is 18.1. The smallest absolute Gasteiger partial charge is 0.253 e. The third-order valence-electron chi connectivity index (χ3n) is 6.25. The second-order valence-electron chi connectivity index (χ2n) is 8.35. The number of hydrogen-bond acceptors (Lipinski definition) is 6. The van der Waals surface area contributed by atoms with E-state index in [1.807, 2.05) is 4.90 Å². The zero-order chi connectivity index (χ0) is 22.4. The third kappa shape index (κ3) is 3.64. The van der Waals surface area contributed by atoms with Gasteiger partial charge in [-0.15, -0.1) is 0 Å². The van der Waals surface area contributed by atoms with Crippen LogP contribution in [-0.2, 0) is 9.59 Å². The highest BCUT2D eigenvalue weighted by Crippen LogP contribution is 2.31. The largest absolute Gasteiger partial charge is 0.345 e. The normalized spacial score (nSPS) is 17.0. The van der Waals surface area contributed by atoms with Gasteiger partial charge in [0.25, 0.3) is 5.91 Å². The fourth-order valence-electron chi connectivity index (χ4n) is 4.20. The molecule has 0 unspecified atom stereocenters. The van der Waals surface area contributed by atoms with E-state index in [9.17, 15) is 14.4 Å². The van der Waals surface area contributed by atoms with Crippen LogP contribution in [0.25, 0.3) is 10.2 Å². The summed E-state index contributed by atoms with van der Waals surface area (Å²) in [7, 11) is 0. The first-order chi connectivity index (χ1) is 15.4. The second-order valence-corrected chi connectivity index (χ2v) is 9.36. The van der Waals surface area contributed by atoms with Gasteiger partial charge in [0.2, 0.25) is 11.8 Å². The quantitative estimate of drug-likeness (QED) is 0.573. The number of aryl methyl sites for hydroxylation is 2. The number of carbonyl (C=O) groups excluding carboxylic acids is 3. The van der Waals surface area contributed by atoms with E-state index in [1.54, 1.807) is 35.6 Å². The van der Waals surface area contributed by atoms with Gasteiger partial charge in [-0.05, 0) is 61.4 Å². The van der Waals surface area contributed by atoms with E-state index in [1.165, 1.54) is 20.7 Å². The first-order valence-corrected chi connectivity index (χ1v) is 11.6. The van der Waals surface area contributed by atoms with Crippen molar-refractivity contribution in [3.05, 3.63) is 53.1 Å². The Bertz CT molecular complexity index is 1170. The molecule has 1 aromatic heterocycles. The van der Waals surface area contributed by atoms with Crippen LogP contribution in [0.4, 0.5) is 10.8 Å². The first-order valence-electron chi connectivity index (χ1n) is 10.8. The second kappa shape index (κ2) is 8.02. The summed E-state index contributed by atoms with van der Waals surface area (Å²) in [6.45, 7) is 6.93. The molecule has 3 aromatic rings. The van der Waals surface area contributed by atoms with Crippen molar-refractivity contribution in [1.82, 2.24) is 9.88 Å². The van der Waals surface area contributed by atoms with E-state index >= 15 is 0 Å². The van der Waals surface area contributed by atoms with Crippen molar-refractivity contribution in [2.45, 2.75) is 26.7 Å². The van der Waals surface area contributed by atoms with E-state index in [0.29, 0.717) is 24.3 Å². The SMILES string of the molecule is Cc1cc2nc(N3CCN(C(=O)c4ccc(N5C(=O)CCC5=O)cc4)CC3)sc2cc1C. The Morgan fingerprint density at radius 2 is 1.53 bits per heavy atom. The van der Waals surface area contributed by atoms with Gasteiger partial charge in [-0.25, -0.2) is 4.98 Å². The van der Waals surface area contributed by atoms with Crippen LogP contribution in [0.5, 0.6) is 0 Å². The number of hydrogen-bond donors (Lipinski definition) is 0. The van der Waals surface area contributed by atoms with E-state index in [2.05, 4.69) is 30.9 Å². The van der Waals surface area contributed by atoms with Crippen molar-refractivity contribution in [3.8, 4) is 0 Å². The maximum atomic E-state index is 13.0. The first kappa shape index (κ1) is 20.6. The molecule has 0 bridgehead atoms. The molecule has 5 rings (SSSR count). The molecule has 32 heavy (non-hydrogen) atoms. The van der Waals surface area contributed by atoms with Gasteiger partial charge in [0.1, 0.15) is 0 Å². The topological polar surface area (TPSA) is 73.8 Å². The summed E-state index contributed by atoms with van der Waals surface area (Å²) in [6, 6.07) is 11.1. The number of nitrogens with zero attached hydrogens (tertiary/aromatic N) is 4. The van der Waals surface area contributed by atoms with Crippen molar-refractivity contribution < 1.29 is 14.4 Å². The lowest BCUT2D eigenvalue weighted by atomic mass is 10.1. The molecule has 0 spiro atoms. The van der Waals surface area contributed by atoms with Gasteiger partial charge in [-0.3, -0.25) is 19.3 Å². The van der Waals surface area contributed by atoms with E-state index in [-0.39, 0.29) is 30.6 Å². The summed E-state index contributed by atoms with van der Waals surface area (Å²) in [4.78, 5) is 46.9. The number of thiazole rings is 1. The summed E-state index contributed by atoms with van der Waals surface area (Å²) in [5.41, 5.74) is 4.64. The number of carbonyl (C=O) groups is 3. The van der Waals surface area contributed by atoms with Gasteiger partial charge in [-0.1, -0.05) is 11.3 Å². The Morgan fingerprint density at radius 3 is 2.19 bits per heavy atom. The lowest BCUT2D eigenvalue weighted by molar-refractivity contribution is -0.121. The Kier molecular flexibility index (Phi) is 5.17. The highest BCUT2D eigenvalue weighted by molar-refractivity contribution is 7.22. The number of rotatable bonds is 3. The van der Waals surface area contributed by atoms with Crippen molar-refractivity contribution in [2.75, 3.05) is 36.0 Å². The van der Waals surface area contributed by atoms with Crippen LogP contribution < -0.4 is 9.80 Å². The monoisotopic (exact) mass is 448 g/mol. The summed E-state index contributed by atoms with van der Waals surface area (Å²) in [5, 5.41) is 1.00. The molecule has 0 aliphatic carbocycles. The molecule has 2 fully saturated rings. The van der Waals surface area contributed by atoms with Crippen molar-refractivity contribution in [1.29, 1.82) is 0 Å². The number of fused-ring (bicyclic) bond motifs is 1. The highest BCUT2D eigenvalue weighted by Gasteiger charge is 2.30. The number of piperazine rings is 1. The van der Waals surface area contributed by atoms with Crippen LogP contribution in [0.2, 0.25) is 0 Å². The lowest BCUT2D eigenvalue weighted by Crippen LogP contribution is -2.48. The fourth-order valence-corrected chi connectivity index (χ4v) is 5.30. The van der Waals surface area contributed by atoms with Crippen LogP contribution in [0.3, 0.4) is 0 Å². The standard InChI is InChI=1S/C24H24N4O3S/c1-15-13-19-20(14-16(15)2)32-24(25-19)27-11-9-26(10-12-27)23(31)17-3-5-18(6-4-17)28-21(29)7-8-22(28)30/h3-6,13-14H,7-12H2,1-2H3. The van der Waals surface area contributed by atoms with Crippen LogP contribution in [-0.4, -0.2) is 53.8 Å². The van der Waals surface area contributed by atoms with Crippen molar-refractivity contribution >= 4 is 50.1 Å². The number of amides is 3. The molecule has 0 atom stereocenters. The van der Waals surface area contributed by atoms with Crippen LogP contribution in [0, 0.1) is 13.8 Å². The highest BCUT2D eigenvalue weighted by atomic mass is 32.1. The molecule has 0 radical (unpaired) electrons. The average molecular weight is 449 g/mol. The predicted molar refractivity (Wildman–Crippen MR) is 125 cm³/mol. The molecule has 8 heteroatoms. The van der Waals surface area contributed by atoms with Gasteiger partial charge >= 0.3 is 0 Å². The number of anilines is 2. The predicted octanol–water partition coefficient (Wildman–Crippen LogP) is 3.53. The molecule has 3 amide bonds. The Morgan fingerprint density at radius 1 is 0.906 bits per heavy atom. The van der Waals surface area contributed by atoms with Crippen molar-refractivity contribution in [2.24, 2.45) is 0 Å². The van der Waals surface area contributed by atoms with Crippen LogP contribution in [0.1, 0.15) is 34.3 Å².